The summed E-state index contributed by atoms with van der Waals surface area (Å²) in [6.45, 7) is 1.23. The van der Waals surface area contributed by atoms with E-state index in [0.717, 1.165) is 12.8 Å². The van der Waals surface area contributed by atoms with E-state index in [2.05, 4.69) is 22.7 Å². The van der Waals surface area contributed by atoms with Gasteiger partial charge in [0.1, 0.15) is 6.04 Å². The maximum Gasteiger partial charge on any atom is 0.407 e. The number of ether oxygens (including phenoxy) is 2. The zero-order chi connectivity index (χ0) is 11.3. The van der Waals surface area contributed by atoms with Crippen LogP contribution < -0.4 is 5.32 Å². The van der Waals surface area contributed by atoms with Crippen LogP contribution in [-0.2, 0) is 14.3 Å². The summed E-state index contributed by atoms with van der Waals surface area (Å²) < 4.78 is 9.63. The Kier molecular flexibility index (Phi) is 4.90. The molecule has 0 radical (unpaired) electrons. The van der Waals surface area contributed by atoms with Crippen molar-refractivity contribution in [3.05, 3.63) is 0 Å². The molecular formula is C9H15NO4S. The number of amides is 1. The van der Waals surface area contributed by atoms with E-state index in [0.29, 0.717) is 13.2 Å². The lowest BCUT2D eigenvalue weighted by Gasteiger charge is -2.28. The van der Waals surface area contributed by atoms with Gasteiger partial charge in [0.2, 0.25) is 5.12 Å². The average molecular weight is 233 g/mol. The summed E-state index contributed by atoms with van der Waals surface area (Å²) in [6.07, 6.45) is 0.899. The molecular weight excluding hydrogens is 218 g/mol. The highest BCUT2D eigenvalue weighted by Gasteiger charge is 2.29. The molecule has 6 heteroatoms. The van der Waals surface area contributed by atoms with E-state index in [1.165, 1.54) is 7.11 Å². The van der Waals surface area contributed by atoms with Crippen molar-refractivity contribution in [1.82, 2.24) is 5.32 Å². The van der Waals surface area contributed by atoms with Gasteiger partial charge < -0.3 is 14.8 Å². The zero-order valence-electron chi connectivity index (χ0n) is 8.56. The predicted molar refractivity (Wildman–Crippen MR) is 56.9 cm³/mol. The molecule has 0 aromatic carbocycles. The molecule has 15 heavy (non-hydrogen) atoms. The third kappa shape index (κ3) is 3.71. The Hall–Kier alpha value is -0.750. The fourth-order valence-corrected chi connectivity index (χ4v) is 1.89. The van der Waals surface area contributed by atoms with Crippen LogP contribution in [0.3, 0.4) is 0 Å². The molecule has 1 atom stereocenters. The van der Waals surface area contributed by atoms with Crippen LogP contribution in [0.5, 0.6) is 0 Å². The highest BCUT2D eigenvalue weighted by molar-refractivity contribution is 7.96. The molecule has 1 rings (SSSR count). The summed E-state index contributed by atoms with van der Waals surface area (Å²) in [6, 6.07) is -0.579. The second-order valence-electron chi connectivity index (χ2n) is 3.40. The zero-order valence-corrected chi connectivity index (χ0v) is 9.46. The molecule has 1 N–H and O–H groups in total. The Morgan fingerprint density at radius 3 is 2.53 bits per heavy atom. The van der Waals surface area contributed by atoms with Crippen molar-refractivity contribution in [3.8, 4) is 0 Å². The van der Waals surface area contributed by atoms with Crippen LogP contribution in [0.2, 0.25) is 0 Å². The summed E-state index contributed by atoms with van der Waals surface area (Å²) in [5.74, 6) is 0.0860. The van der Waals surface area contributed by atoms with E-state index in [-0.39, 0.29) is 11.0 Å². The molecule has 1 fully saturated rings. The van der Waals surface area contributed by atoms with Gasteiger partial charge in [-0.1, -0.05) is 0 Å². The standard InChI is InChI=1S/C9H15NO4S/c1-13-9(12)10-7(8(11)15)6-2-4-14-5-3-6/h6-7H,2-5H2,1H3,(H,10,12)(H,11,15)/t7-/m0/s1. The molecule has 1 saturated heterocycles. The summed E-state index contributed by atoms with van der Waals surface area (Å²) in [5.41, 5.74) is 0. The highest BCUT2D eigenvalue weighted by Crippen LogP contribution is 2.20. The maximum absolute atomic E-state index is 11.2. The van der Waals surface area contributed by atoms with E-state index < -0.39 is 12.1 Å². The van der Waals surface area contributed by atoms with Gasteiger partial charge in [0.25, 0.3) is 0 Å². The summed E-state index contributed by atoms with van der Waals surface area (Å²) in [7, 11) is 1.26. The number of nitrogens with one attached hydrogen (secondary N) is 1. The number of methoxy groups -OCH3 is 1. The number of hydrogen-bond acceptors (Lipinski definition) is 4. The number of alkyl carbamates (subject to hydrolysis) is 1. The summed E-state index contributed by atoms with van der Waals surface area (Å²) in [5, 5.41) is 2.15. The lowest BCUT2D eigenvalue weighted by Crippen LogP contribution is -2.46. The van der Waals surface area contributed by atoms with Crippen molar-refractivity contribution >= 4 is 23.8 Å². The monoisotopic (exact) mass is 233 g/mol. The fraction of sp³-hybridized carbons (Fsp3) is 0.778. The van der Waals surface area contributed by atoms with E-state index in [4.69, 9.17) is 4.74 Å². The van der Waals surface area contributed by atoms with Crippen LogP contribution >= 0.6 is 12.6 Å². The first-order valence-corrected chi connectivity index (χ1v) is 5.25. The number of rotatable bonds is 3. The van der Waals surface area contributed by atoms with Crippen LogP contribution in [0, 0.1) is 5.92 Å². The maximum atomic E-state index is 11.2. The van der Waals surface area contributed by atoms with Gasteiger partial charge in [0.15, 0.2) is 0 Å². The Morgan fingerprint density at radius 1 is 1.47 bits per heavy atom. The van der Waals surface area contributed by atoms with Crippen LogP contribution in [0.15, 0.2) is 0 Å². The van der Waals surface area contributed by atoms with Crippen molar-refractivity contribution < 1.29 is 19.1 Å². The third-order valence-electron chi connectivity index (χ3n) is 2.46. The fourth-order valence-electron chi connectivity index (χ4n) is 1.62. The summed E-state index contributed by atoms with van der Waals surface area (Å²) >= 11 is 3.77. The van der Waals surface area contributed by atoms with Gasteiger partial charge >= 0.3 is 6.09 Å². The molecule has 0 aromatic heterocycles. The number of carbonyl (C=O) groups is 2. The number of thiol groups is 1. The van der Waals surface area contributed by atoms with Crippen molar-refractivity contribution in [3.63, 3.8) is 0 Å². The molecule has 0 spiro atoms. The van der Waals surface area contributed by atoms with E-state index in [9.17, 15) is 9.59 Å². The first-order chi connectivity index (χ1) is 7.15. The molecule has 1 amide bonds. The first-order valence-electron chi connectivity index (χ1n) is 4.80. The molecule has 1 aliphatic rings. The van der Waals surface area contributed by atoms with Gasteiger partial charge in [-0.3, -0.25) is 4.79 Å². The van der Waals surface area contributed by atoms with Gasteiger partial charge in [0, 0.05) is 13.2 Å². The molecule has 0 saturated carbocycles. The smallest absolute Gasteiger partial charge is 0.407 e. The van der Waals surface area contributed by atoms with Gasteiger partial charge in [-0.25, -0.2) is 4.79 Å². The Morgan fingerprint density at radius 2 is 2.07 bits per heavy atom. The van der Waals surface area contributed by atoms with Crippen LogP contribution in [-0.4, -0.2) is 37.6 Å². The molecule has 0 bridgehead atoms. The third-order valence-corrected chi connectivity index (χ3v) is 2.74. The van der Waals surface area contributed by atoms with Crippen molar-refractivity contribution in [2.45, 2.75) is 18.9 Å². The van der Waals surface area contributed by atoms with Crippen molar-refractivity contribution in [1.29, 1.82) is 0 Å². The molecule has 0 aromatic rings. The Labute approximate surface area is 93.9 Å². The van der Waals surface area contributed by atoms with Crippen molar-refractivity contribution in [2.75, 3.05) is 20.3 Å². The van der Waals surface area contributed by atoms with Gasteiger partial charge in [0.05, 0.1) is 7.11 Å². The van der Waals surface area contributed by atoms with Crippen LogP contribution in [0.25, 0.3) is 0 Å². The van der Waals surface area contributed by atoms with Gasteiger partial charge in [-0.05, 0) is 18.8 Å². The van der Waals surface area contributed by atoms with Crippen LogP contribution in [0.4, 0.5) is 4.79 Å². The largest absolute Gasteiger partial charge is 0.453 e. The lowest BCUT2D eigenvalue weighted by molar-refractivity contribution is -0.114. The molecule has 0 aliphatic carbocycles. The minimum atomic E-state index is -0.603. The Balaban J connectivity index is 2.55. The van der Waals surface area contributed by atoms with E-state index >= 15 is 0 Å². The SMILES string of the molecule is COC(=O)N[C@H](C(=O)S)C1CCOCC1. The Bertz CT molecular complexity index is 240. The topological polar surface area (TPSA) is 64.6 Å². The lowest BCUT2D eigenvalue weighted by atomic mass is 9.92. The second kappa shape index (κ2) is 5.97. The number of hydrogen-bond donors (Lipinski definition) is 2. The minimum absolute atomic E-state index is 0.0860. The number of carbonyl (C=O) groups excluding carboxylic acids is 2. The van der Waals surface area contributed by atoms with E-state index in [1.807, 2.05) is 0 Å². The molecule has 5 nitrogen and oxygen atoms in total. The van der Waals surface area contributed by atoms with Crippen LogP contribution in [0.1, 0.15) is 12.8 Å². The molecule has 1 aliphatic heterocycles. The average Bonchev–Trinajstić information content (AvgIpc) is 2.26. The molecule has 0 unspecified atom stereocenters. The normalized spacial score (nSPS) is 19.3. The highest BCUT2D eigenvalue weighted by atomic mass is 32.1. The van der Waals surface area contributed by atoms with Gasteiger partial charge in [-0.15, -0.1) is 12.6 Å². The second-order valence-corrected chi connectivity index (χ2v) is 3.84. The minimum Gasteiger partial charge on any atom is -0.453 e. The first kappa shape index (κ1) is 12.3. The molecule has 1 heterocycles. The predicted octanol–water partition coefficient (Wildman–Crippen LogP) is 0.594. The van der Waals surface area contributed by atoms with E-state index in [1.54, 1.807) is 0 Å². The molecule has 86 valence electrons. The van der Waals surface area contributed by atoms with Crippen molar-refractivity contribution in [2.24, 2.45) is 5.92 Å². The summed E-state index contributed by atoms with van der Waals surface area (Å²) in [4.78, 5) is 22.3. The quantitative estimate of drug-likeness (QED) is 0.700. The van der Waals surface area contributed by atoms with Gasteiger partial charge in [-0.2, -0.15) is 0 Å².